The number of hydrogen-bond acceptors (Lipinski definition) is 0. The minimum absolute atomic E-state index is 1.18. The molecule has 0 aliphatic rings. The summed E-state index contributed by atoms with van der Waals surface area (Å²) in [5, 5.41) is 0. The Bertz CT molecular complexity index is 196. The van der Waals surface area contributed by atoms with Crippen molar-refractivity contribution in [2.45, 2.75) is 58.8 Å². The Morgan fingerprint density at radius 3 is 2.20 bits per heavy atom. The summed E-state index contributed by atoms with van der Waals surface area (Å²) in [4.78, 5) is 0. The zero-order valence-corrected chi connectivity index (χ0v) is 10.5. The Morgan fingerprint density at radius 1 is 1.00 bits per heavy atom. The van der Waals surface area contributed by atoms with Gasteiger partial charge in [-0.05, 0) is 39.5 Å². The number of unbranched alkanes of at least 4 members (excludes halogenated alkanes) is 6. The van der Waals surface area contributed by atoms with Crippen molar-refractivity contribution in [2.75, 3.05) is 0 Å². The van der Waals surface area contributed by atoms with Gasteiger partial charge >= 0.3 is 0 Å². The van der Waals surface area contributed by atoms with Crippen molar-refractivity contribution < 1.29 is 0 Å². The van der Waals surface area contributed by atoms with Crippen molar-refractivity contribution >= 4 is 0 Å². The SMILES string of the molecule is C=CCCCCCCC/C=C\C(C)=C/C. The summed E-state index contributed by atoms with van der Waals surface area (Å²) in [6, 6.07) is 0. The van der Waals surface area contributed by atoms with Crippen LogP contribution in [-0.2, 0) is 0 Å². The van der Waals surface area contributed by atoms with Gasteiger partial charge in [-0.2, -0.15) is 0 Å². The Balaban J connectivity index is 3.18. The zero-order chi connectivity index (χ0) is 11.4. The van der Waals surface area contributed by atoms with Gasteiger partial charge in [-0.15, -0.1) is 6.58 Å². The fraction of sp³-hybridized carbons (Fsp3) is 0.600. The molecule has 0 spiro atoms. The predicted molar refractivity (Wildman–Crippen MR) is 71.1 cm³/mol. The minimum atomic E-state index is 1.18. The van der Waals surface area contributed by atoms with Crippen molar-refractivity contribution in [3.05, 3.63) is 36.5 Å². The Labute approximate surface area is 95.8 Å². The third kappa shape index (κ3) is 11.1. The normalized spacial score (nSPS) is 12.3. The van der Waals surface area contributed by atoms with Crippen LogP contribution in [0.5, 0.6) is 0 Å². The van der Waals surface area contributed by atoms with E-state index in [1.165, 1.54) is 50.5 Å². The smallest absolute Gasteiger partial charge is 0.0348 e. The van der Waals surface area contributed by atoms with Gasteiger partial charge in [0.1, 0.15) is 0 Å². The predicted octanol–water partition coefficient (Wildman–Crippen LogP) is 5.43. The second-order valence-electron chi connectivity index (χ2n) is 4.07. The van der Waals surface area contributed by atoms with E-state index >= 15 is 0 Å². The molecule has 0 heterocycles. The van der Waals surface area contributed by atoms with Crippen LogP contribution in [0.25, 0.3) is 0 Å². The van der Waals surface area contributed by atoms with E-state index in [2.05, 4.69) is 38.7 Å². The average molecular weight is 206 g/mol. The second-order valence-corrected chi connectivity index (χ2v) is 4.07. The lowest BCUT2D eigenvalue weighted by atomic mass is 10.1. The van der Waals surface area contributed by atoms with E-state index in [1.807, 2.05) is 6.08 Å². The monoisotopic (exact) mass is 206 g/mol. The maximum absolute atomic E-state index is 3.73. The lowest BCUT2D eigenvalue weighted by molar-refractivity contribution is 0.622. The third-order valence-electron chi connectivity index (χ3n) is 2.62. The molecule has 0 nitrogen and oxygen atoms in total. The molecule has 0 saturated heterocycles. The molecule has 0 atom stereocenters. The first kappa shape index (κ1) is 14.2. The molecule has 0 unspecified atom stereocenters. The van der Waals surface area contributed by atoms with Gasteiger partial charge in [-0.25, -0.2) is 0 Å². The van der Waals surface area contributed by atoms with Crippen molar-refractivity contribution in [1.82, 2.24) is 0 Å². The summed E-state index contributed by atoms with van der Waals surface area (Å²) in [5.74, 6) is 0. The molecule has 0 aromatic heterocycles. The van der Waals surface area contributed by atoms with E-state index in [0.717, 1.165) is 0 Å². The maximum atomic E-state index is 3.73. The van der Waals surface area contributed by atoms with Gasteiger partial charge in [0.05, 0.1) is 0 Å². The Kier molecular flexibility index (Phi) is 10.7. The van der Waals surface area contributed by atoms with Crippen LogP contribution in [0.4, 0.5) is 0 Å². The molecule has 0 aromatic rings. The lowest BCUT2D eigenvalue weighted by Gasteiger charge is -1.98. The molecule has 0 radical (unpaired) electrons. The Hall–Kier alpha value is -0.780. The van der Waals surface area contributed by atoms with Crippen molar-refractivity contribution in [2.24, 2.45) is 0 Å². The number of hydrogen-bond donors (Lipinski definition) is 0. The summed E-state index contributed by atoms with van der Waals surface area (Å²) >= 11 is 0. The van der Waals surface area contributed by atoms with E-state index < -0.39 is 0 Å². The van der Waals surface area contributed by atoms with Crippen LogP contribution >= 0.6 is 0 Å². The highest BCUT2D eigenvalue weighted by molar-refractivity contribution is 5.14. The lowest BCUT2D eigenvalue weighted by Crippen LogP contribution is -1.78. The standard InChI is InChI=1S/C15H26/c1-4-6-7-8-9-10-11-12-13-14-15(3)5-2/h4-5,13-14H,1,6-12H2,2-3H3/b14-13-,15-5-. The number of allylic oxidation sites excluding steroid dienone is 5. The molecular formula is C15H26. The van der Waals surface area contributed by atoms with Gasteiger partial charge in [0, 0.05) is 0 Å². The van der Waals surface area contributed by atoms with Crippen molar-refractivity contribution in [3.8, 4) is 0 Å². The van der Waals surface area contributed by atoms with Crippen LogP contribution in [0.2, 0.25) is 0 Å². The van der Waals surface area contributed by atoms with E-state index in [1.54, 1.807) is 0 Å². The second kappa shape index (κ2) is 11.3. The highest BCUT2D eigenvalue weighted by Crippen LogP contribution is 2.08. The molecule has 0 aromatic carbocycles. The molecule has 0 fully saturated rings. The van der Waals surface area contributed by atoms with Crippen molar-refractivity contribution in [1.29, 1.82) is 0 Å². The van der Waals surface area contributed by atoms with E-state index in [-0.39, 0.29) is 0 Å². The summed E-state index contributed by atoms with van der Waals surface area (Å²) in [7, 11) is 0. The van der Waals surface area contributed by atoms with Crippen LogP contribution in [0.1, 0.15) is 58.8 Å². The first-order valence-corrected chi connectivity index (χ1v) is 6.21. The molecule has 0 saturated carbocycles. The quantitative estimate of drug-likeness (QED) is 0.268. The van der Waals surface area contributed by atoms with Crippen LogP contribution in [0.3, 0.4) is 0 Å². The molecule has 0 rings (SSSR count). The van der Waals surface area contributed by atoms with Gasteiger partial charge in [-0.3, -0.25) is 0 Å². The molecule has 15 heavy (non-hydrogen) atoms. The molecule has 0 bridgehead atoms. The molecular weight excluding hydrogens is 180 g/mol. The maximum Gasteiger partial charge on any atom is -0.0348 e. The van der Waals surface area contributed by atoms with E-state index in [9.17, 15) is 0 Å². The minimum Gasteiger partial charge on any atom is -0.103 e. The molecule has 0 N–H and O–H groups in total. The summed E-state index contributed by atoms with van der Waals surface area (Å²) in [6.07, 6.45) is 17.8. The van der Waals surface area contributed by atoms with E-state index in [0.29, 0.717) is 0 Å². The average Bonchev–Trinajstić information content (AvgIpc) is 2.26. The van der Waals surface area contributed by atoms with Crippen LogP contribution in [0, 0.1) is 0 Å². The van der Waals surface area contributed by atoms with Gasteiger partial charge in [0.15, 0.2) is 0 Å². The molecule has 0 heteroatoms. The number of rotatable bonds is 9. The van der Waals surface area contributed by atoms with Gasteiger partial charge in [0.2, 0.25) is 0 Å². The fourth-order valence-electron chi connectivity index (χ4n) is 1.45. The van der Waals surface area contributed by atoms with Crippen LogP contribution in [0.15, 0.2) is 36.5 Å². The topological polar surface area (TPSA) is 0 Å². The largest absolute Gasteiger partial charge is 0.103 e. The molecule has 0 aliphatic carbocycles. The van der Waals surface area contributed by atoms with Crippen LogP contribution in [-0.4, -0.2) is 0 Å². The first-order valence-electron chi connectivity index (χ1n) is 6.21. The Morgan fingerprint density at radius 2 is 1.60 bits per heavy atom. The molecule has 86 valence electrons. The van der Waals surface area contributed by atoms with Crippen molar-refractivity contribution in [3.63, 3.8) is 0 Å². The van der Waals surface area contributed by atoms with E-state index in [4.69, 9.17) is 0 Å². The summed E-state index contributed by atoms with van der Waals surface area (Å²) < 4.78 is 0. The highest BCUT2D eigenvalue weighted by atomic mass is 13.9. The third-order valence-corrected chi connectivity index (χ3v) is 2.62. The molecule has 0 aliphatic heterocycles. The fourth-order valence-corrected chi connectivity index (χ4v) is 1.45. The summed E-state index contributed by atoms with van der Waals surface area (Å²) in [6.45, 7) is 7.96. The first-order chi connectivity index (χ1) is 7.31. The highest BCUT2D eigenvalue weighted by Gasteiger charge is 1.88. The van der Waals surface area contributed by atoms with Gasteiger partial charge < -0.3 is 0 Å². The zero-order valence-electron chi connectivity index (χ0n) is 10.5. The molecule has 0 amide bonds. The summed E-state index contributed by atoms with van der Waals surface area (Å²) in [5.41, 5.74) is 1.36. The van der Waals surface area contributed by atoms with Gasteiger partial charge in [-0.1, -0.05) is 49.1 Å². The van der Waals surface area contributed by atoms with Crippen LogP contribution < -0.4 is 0 Å². The van der Waals surface area contributed by atoms with Gasteiger partial charge in [0.25, 0.3) is 0 Å².